The van der Waals surface area contributed by atoms with Gasteiger partial charge < -0.3 is 20.8 Å². The number of amidine groups is 1. The van der Waals surface area contributed by atoms with E-state index in [4.69, 9.17) is 20.8 Å². The van der Waals surface area contributed by atoms with Crippen molar-refractivity contribution >= 4 is 5.84 Å². The molecular weight excluding hydrogens is 222 g/mol. The summed E-state index contributed by atoms with van der Waals surface area (Å²) >= 11 is 0. The van der Waals surface area contributed by atoms with Crippen LogP contribution in [0, 0.1) is 0 Å². The van der Waals surface area contributed by atoms with Gasteiger partial charge in [-0.2, -0.15) is 0 Å². The van der Waals surface area contributed by atoms with E-state index in [0.717, 1.165) is 13.0 Å². The van der Waals surface area contributed by atoms with E-state index in [-0.39, 0.29) is 30.7 Å². The second-order valence-corrected chi connectivity index (χ2v) is 4.56. The Labute approximate surface area is 102 Å². The van der Waals surface area contributed by atoms with Crippen LogP contribution in [0.2, 0.25) is 0 Å². The third-order valence-corrected chi connectivity index (χ3v) is 3.12. The van der Waals surface area contributed by atoms with Crippen molar-refractivity contribution in [3.05, 3.63) is 0 Å². The second kappa shape index (κ2) is 6.78. The van der Waals surface area contributed by atoms with Crippen LogP contribution in [0.5, 0.6) is 0 Å². The molecule has 0 aromatic rings. The Hall–Kier alpha value is -0.850. The van der Waals surface area contributed by atoms with Crippen LogP contribution in [0.25, 0.3) is 0 Å². The molecule has 0 aromatic heterocycles. The summed E-state index contributed by atoms with van der Waals surface area (Å²) in [5, 5.41) is 20.8. The Bertz CT molecular complexity index is 260. The number of morpholine rings is 1. The SMILES string of the molecule is CCC(CC(N)=NO)N1CC(C)OC(CO)C1. The van der Waals surface area contributed by atoms with Crippen LogP contribution >= 0.6 is 0 Å². The molecule has 0 radical (unpaired) electrons. The fourth-order valence-electron chi connectivity index (χ4n) is 2.29. The number of oxime groups is 1. The molecule has 1 heterocycles. The van der Waals surface area contributed by atoms with Crippen molar-refractivity contribution in [3.63, 3.8) is 0 Å². The zero-order valence-corrected chi connectivity index (χ0v) is 10.5. The van der Waals surface area contributed by atoms with E-state index in [1.807, 2.05) is 6.92 Å². The molecule has 6 heteroatoms. The summed E-state index contributed by atoms with van der Waals surface area (Å²) in [4.78, 5) is 2.24. The molecule has 4 N–H and O–H groups in total. The molecule has 0 aromatic carbocycles. The van der Waals surface area contributed by atoms with Crippen LogP contribution in [0.4, 0.5) is 0 Å². The molecule has 1 aliphatic rings. The molecule has 3 atom stereocenters. The highest BCUT2D eigenvalue weighted by molar-refractivity contribution is 5.80. The van der Waals surface area contributed by atoms with Gasteiger partial charge in [-0.15, -0.1) is 0 Å². The second-order valence-electron chi connectivity index (χ2n) is 4.56. The number of nitrogens with zero attached hydrogens (tertiary/aromatic N) is 2. The number of aliphatic hydroxyl groups excluding tert-OH is 1. The van der Waals surface area contributed by atoms with Gasteiger partial charge in [0, 0.05) is 25.6 Å². The van der Waals surface area contributed by atoms with E-state index < -0.39 is 0 Å². The van der Waals surface area contributed by atoms with E-state index in [9.17, 15) is 0 Å². The first-order valence-electron chi connectivity index (χ1n) is 6.07. The lowest BCUT2D eigenvalue weighted by molar-refractivity contribution is -0.105. The van der Waals surface area contributed by atoms with Crippen LogP contribution in [0.3, 0.4) is 0 Å². The van der Waals surface area contributed by atoms with Gasteiger partial charge >= 0.3 is 0 Å². The van der Waals surface area contributed by atoms with Crippen LogP contribution in [-0.2, 0) is 4.74 Å². The number of nitrogens with two attached hydrogens (primary N) is 1. The molecule has 17 heavy (non-hydrogen) atoms. The summed E-state index contributed by atoms with van der Waals surface area (Å²) in [6.45, 7) is 5.60. The predicted molar refractivity (Wildman–Crippen MR) is 65.1 cm³/mol. The summed E-state index contributed by atoms with van der Waals surface area (Å²) in [6.07, 6.45) is 1.42. The largest absolute Gasteiger partial charge is 0.409 e. The number of aliphatic hydroxyl groups is 1. The highest BCUT2D eigenvalue weighted by atomic mass is 16.5. The molecule has 1 saturated heterocycles. The van der Waals surface area contributed by atoms with Crippen LogP contribution in [0.1, 0.15) is 26.7 Å². The molecule has 0 bridgehead atoms. The summed E-state index contributed by atoms with van der Waals surface area (Å²) in [7, 11) is 0. The molecule has 1 fully saturated rings. The topological polar surface area (TPSA) is 91.3 Å². The van der Waals surface area contributed by atoms with Gasteiger partial charge in [0.15, 0.2) is 0 Å². The number of hydrogen-bond donors (Lipinski definition) is 3. The fraction of sp³-hybridized carbons (Fsp3) is 0.909. The maximum Gasteiger partial charge on any atom is 0.140 e. The molecule has 6 nitrogen and oxygen atoms in total. The zero-order valence-electron chi connectivity index (χ0n) is 10.5. The van der Waals surface area contributed by atoms with Crippen LogP contribution < -0.4 is 5.73 Å². The fourth-order valence-corrected chi connectivity index (χ4v) is 2.29. The van der Waals surface area contributed by atoms with Crippen molar-refractivity contribution in [2.24, 2.45) is 10.9 Å². The van der Waals surface area contributed by atoms with Gasteiger partial charge in [0.25, 0.3) is 0 Å². The minimum absolute atomic E-state index is 0.0286. The third-order valence-electron chi connectivity index (χ3n) is 3.12. The molecule has 0 saturated carbocycles. The molecule has 0 aliphatic carbocycles. The Kier molecular flexibility index (Phi) is 5.67. The van der Waals surface area contributed by atoms with Crippen molar-refractivity contribution in [2.75, 3.05) is 19.7 Å². The first kappa shape index (κ1) is 14.2. The summed E-state index contributed by atoms with van der Waals surface area (Å²) in [5.41, 5.74) is 5.55. The molecule has 0 amide bonds. The number of rotatable bonds is 5. The number of hydrogen-bond acceptors (Lipinski definition) is 5. The first-order valence-corrected chi connectivity index (χ1v) is 6.07. The lowest BCUT2D eigenvalue weighted by Gasteiger charge is -2.40. The minimum atomic E-state index is -0.139. The van der Waals surface area contributed by atoms with Crippen molar-refractivity contribution in [2.45, 2.75) is 44.9 Å². The van der Waals surface area contributed by atoms with Gasteiger partial charge in [-0.1, -0.05) is 12.1 Å². The highest BCUT2D eigenvalue weighted by Crippen LogP contribution is 2.17. The quantitative estimate of drug-likeness (QED) is 0.274. The smallest absolute Gasteiger partial charge is 0.140 e. The Morgan fingerprint density at radius 2 is 2.29 bits per heavy atom. The Morgan fingerprint density at radius 1 is 1.59 bits per heavy atom. The van der Waals surface area contributed by atoms with E-state index in [1.165, 1.54) is 0 Å². The van der Waals surface area contributed by atoms with Gasteiger partial charge in [-0.3, -0.25) is 4.90 Å². The standard InChI is InChI=1S/C11H23N3O3/c1-3-9(4-11(12)13-16)14-5-8(2)17-10(6-14)7-15/h8-10,15-16H,3-7H2,1-2H3,(H2,12,13). The first-order chi connectivity index (χ1) is 8.10. The summed E-state index contributed by atoms with van der Waals surface area (Å²) < 4.78 is 5.59. The molecule has 1 aliphatic heterocycles. The van der Waals surface area contributed by atoms with Crippen molar-refractivity contribution < 1.29 is 15.1 Å². The lowest BCUT2D eigenvalue weighted by atomic mass is 10.1. The van der Waals surface area contributed by atoms with Crippen molar-refractivity contribution in [1.29, 1.82) is 0 Å². The van der Waals surface area contributed by atoms with E-state index in [1.54, 1.807) is 0 Å². The van der Waals surface area contributed by atoms with Gasteiger partial charge in [-0.25, -0.2) is 0 Å². The number of ether oxygens (including phenoxy) is 1. The molecule has 0 spiro atoms. The normalized spacial score (nSPS) is 29.2. The average Bonchev–Trinajstić information content (AvgIpc) is 2.34. The minimum Gasteiger partial charge on any atom is -0.409 e. The zero-order chi connectivity index (χ0) is 12.8. The molecule has 100 valence electrons. The molecular formula is C11H23N3O3. The van der Waals surface area contributed by atoms with E-state index in [2.05, 4.69) is 17.0 Å². The Morgan fingerprint density at radius 3 is 2.82 bits per heavy atom. The van der Waals surface area contributed by atoms with Crippen LogP contribution in [-0.4, -0.2) is 59.0 Å². The molecule has 1 rings (SSSR count). The Balaban J connectivity index is 2.61. The summed E-state index contributed by atoms with van der Waals surface area (Å²) in [6, 6.07) is 0.228. The van der Waals surface area contributed by atoms with E-state index >= 15 is 0 Å². The van der Waals surface area contributed by atoms with Crippen molar-refractivity contribution in [3.8, 4) is 0 Å². The predicted octanol–water partition coefficient (Wildman–Crippen LogP) is -0.0169. The van der Waals surface area contributed by atoms with Crippen LogP contribution in [0.15, 0.2) is 5.16 Å². The molecule has 3 unspecified atom stereocenters. The maximum absolute atomic E-state index is 9.17. The van der Waals surface area contributed by atoms with Gasteiger partial charge in [0.2, 0.25) is 0 Å². The maximum atomic E-state index is 9.17. The highest BCUT2D eigenvalue weighted by Gasteiger charge is 2.29. The van der Waals surface area contributed by atoms with Gasteiger partial charge in [0.05, 0.1) is 18.8 Å². The lowest BCUT2D eigenvalue weighted by Crippen LogP contribution is -2.52. The van der Waals surface area contributed by atoms with E-state index in [0.29, 0.717) is 13.0 Å². The average molecular weight is 245 g/mol. The monoisotopic (exact) mass is 245 g/mol. The van der Waals surface area contributed by atoms with Gasteiger partial charge in [0.1, 0.15) is 5.84 Å². The summed E-state index contributed by atoms with van der Waals surface area (Å²) in [5.74, 6) is 0.247. The van der Waals surface area contributed by atoms with Crippen molar-refractivity contribution in [1.82, 2.24) is 4.90 Å². The third kappa shape index (κ3) is 4.14. The van der Waals surface area contributed by atoms with Gasteiger partial charge in [-0.05, 0) is 13.3 Å².